The minimum Gasteiger partial charge on any atom is -0.483 e. The first-order valence-electron chi connectivity index (χ1n) is 9.22. The van der Waals surface area contributed by atoms with Crippen molar-refractivity contribution in [2.45, 2.75) is 24.9 Å². The van der Waals surface area contributed by atoms with E-state index < -0.39 is 33.5 Å². The molecular formula is C20H20F3N5O3S. The number of halogens is 3. The Bertz CT molecular complexity index is 1230. The van der Waals surface area contributed by atoms with Gasteiger partial charge in [0.05, 0.1) is 5.69 Å². The van der Waals surface area contributed by atoms with Gasteiger partial charge in [0.1, 0.15) is 16.5 Å². The molecule has 0 saturated carbocycles. The number of ether oxygens (including phenoxy) is 1. The van der Waals surface area contributed by atoms with Gasteiger partial charge >= 0.3 is 6.18 Å². The summed E-state index contributed by atoms with van der Waals surface area (Å²) in [6, 6.07) is 10.9. The number of hydrogen-bond acceptors (Lipinski definition) is 7. The van der Waals surface area contributed by atoms with Crippen molar-refractivity contribution in [3.8, 4) is 5.75 Å². The van der Waals surface area contributed by atoms with E-state index in [0.717, 1.165) is 22.9 Å². The molecule has 0 aliphatic rings. The standard InChI is InChI=1S/C20H20F3N5O3S/c1-12-6-7-14(10-13(12)2)26-19-25-9-8-17(28-19)27-15-4-3-5-16(18(15)32(24,29)30)31-11-20(21,22)23/h3-10H,11H2,1-2H3,(H2,24,29,30)(H2,25,26,27,28). The van der Waals surface area contributed by atoms with E-state index in [-0.39, 0.29) is 17.5 Å². The van der Waals surface area contributed by atoms with Crippen LogP contribution in [-0.4, -0.2) is 31.2 Å². The summed E-state index contributed by atoms with van der Waals surface area (Å²) >= 11 is 0. The molecule has 0 saturated heterocycles. The molecule has 8 nitrogen and oxygen atoms in total. The van der Waals surface area contributed by atoms with Crippen molar-refractivity contribution in [2.24, 2.45) is 5.14 Å². The lowest BCUT2D eigenvalue weighted by Gasteiger charge is -2.16. The minimum atomic E-state index is -4.65. The number of aromatic nitrogens is 2. The van der Waals surface area contributed by atoms with Crippen LogP contribution >= 0.6 is 0 Å². The highest BCUT2D eigenvalue weighted by molar-refractivity contribution is 7.89. The quantitative estimate of drug-likeness (QED) is 0.477. The molecule has 32 heavy (non-hydrogen) atoms. The first-order chi connectivity index (χ1) is 14.9. The largest absolute Gasteiger partial charge is 0.483 e. The monoisotopic (exact) mass is 467 g/mol. The normalized spacial score (nSPS) is 11.8. The fourth-order valence-corrected chi connectivity index (χ4v) is 3.59. The van der Waals surface area contributed by atoms with Gasteiger partial charge in [-0.3, -0.25) is 0 Å². The van der Waals surface area contributed by atoms with Gasteiger partial charge in [0.25, 0.3) is 0 Å². The number of benzene rings is 2. The number of nitrogens with zero attached hydrogens (tertiary/aromatic N) is 2. The summed E-state index contributed by atoms with van der Waals surface area (Å²) in [5.41, 5.74) is 2.84. The molecule has 0 aliphatic carbocycles. The van der Waals surface area contributed by atoms with Crippen LogP contribution in [0.5, 0.6) is 5.75 Å². The van der Waals surface area contributed by atoms with Crippen LogP contribution < -0.4 is 20.5 Å². The van der Waals surface area contributed by atoms with Crippen LogP contribution in [0.4, 0.5) is 36.3 Å². The maximum atomic E-state index is 12.5. The first-order valence-corrected chi connectivity index (χ1v) is 10.8. The van der Waals surface area contributed by atoms with Gasteiger partial charge in [0, 0.05) is 11.9 Å². The molecule has 0 unspecified atom stereocenters. The van der Waals surface area contributed by atoms with Gasteiger partial charge in [0.15, 0.2) is 6.61 Å². The van der Waals surface area contributed by atoms with E-state index in [1.165, 1.54) is 24.4 Å². The van der Waals surface area contributed by atoms with Crippen molar-refractivity contribution >= 4 is 33.2 Å². The number of nitrogens with two attached hydrogens (primary N) is 1. The second-order valence-corrected chi connectivity index (χ2v) is 8.39. The van der Waals surface area contributed by atoms with E-state index in [1.807, 2.05) is 32.0 Å². The number of nitrogens with one attached hydrogen (secondary N) is 2. The van der Waals surface area contributed by atoms with Crippen LogP contribution in [-0.2, 0) is 10.0 Å². The molecule has 170 valence electrons. The van der Waals surface area contributed by atoms with Gasteiger partial charge < -0.3 is 15.4 Å². The highest BCUT2D eigenvalue weighted by atomic mass is 32.2. The summed E-state index contributed by atoms with van der Waals surface area (Å²) in [7, 11) is -4.43. The number of rotatable bonds is 7. The lowest BCUT2D eigenvalue weighted by atomic mass is 10.1. The molecule has 3 rings (SSSR count). The third-order valence-corrected chi connectivity index (χ3v) is 5.33. The summed E-state index contributed by atoms with van der Waals surface area (Å²) in [5.74, 6) is -0.124. The molecule has 1 heterocycles. The Morgan fingerprint density at radius 2 is 1.81 bits per heavy atom. The van der Waals surface area contributed by atoms with Gasteiger partial charge in [-0.1, -0.05) is 12.1 Å². The third kappa shape index (κ3) is 6.08. The zero-order valence-electron chi connectivity index (χ0n) is 17.1. The summed E-state index contributed by atoms with van der Waals surface area (Å²) in [6.07, 6.45) is -3.22. The molecule has 0 radical (unpaired) electrons. The van der Waals surface area contributed by atoms with Crippen LogP contribution in [0.15, 0.2) is 53.6 Å². The Morgan fingerprint density at radius 3 is 2.47 bits per heavy atom. The van der Waals surface area contributed by atoms with Crippen molar-refractivity contribution in [1.82, 2.24) is 9.97 Å². The molecular weight excluding hydrogens is 447 g/mol. The summed E-state index contributed by atoms with van der Waals surface area (Å²) in [6.45, 7) is 2.27. The molecule has 0 aliphatic heterocycles. The number of hydrogen-bond donors (Lipinski definition) is 3. The maximum absolute atomic E-state index is 12.5. The van der Waals surface area contributed by atoms with Gasteiger partial charge in [0.2, 0.25) is 16.0 Å². The van der Waals surface area contributed by atoms with Crippen molar-refractivity contribution in [2.75, 3.05) is 17.2 Å². The van der Waals surface area contributed by atoms with Gasteiger partial charge in [-0.15, -0.1) is 0 Å². The van der Waals surface area contributed by atoms with E-state index in [4.69, 9.17) is 5.14 Å². The van der Waals surface area contributed by atoms with Crippen LogP contribution in [0.1, 0.15) is 11.1 Å². The van der Waals surface area contributed by atoms with E-state index >= 15 is 0 Å². The Morgan fingerprint density at radius 1 is 1.06 bits per heavy atom. The SMILES string of the molecule is Cc1ccc(Nc2nccc(Nc3cccc(OCC(F)(F)F)c3S(N)(=O)=O)n2)cc1C. The third-order valence-electron chi connectivity index (χ3n) is 4.34. The van der Waals surface area contributed by atoms with Crippen molar-refractivity contribution in [3.05, 3.63) is 59.8 Å². The highest BCUT2D eigenvalue weighted by Crippen LogP contribution is 2.33. The van der Waals surface area contributed by atoms with E-state index in [2.05, 4.69) is 25.3 Å². The number of anilines is 4. The van der Waals surface area contributed by atoms with E-state index in [0.29, 0.717) is 0 Å². The zero-order chi connectivity index (χ0) is 23.5. The van der Waals surface area contributed by atoms with Gasteiger partial charge in [-0.25, -0.2) is 18.5 Å². The average molecular weight is 467 g/mol. The maximum Gasteiger partial charge on any atom is 0.422 e. The highest BCUT2D eigenvalue weighted by Gasteiger charge is 2.30. The lowest BCUT2D eigenvalue weighted by Crippen LogP contribution is -2.22. The molecule has 0 atom stereocenters. The Labute approximate surface area is 182 Å². The van der Waals surface area contributed by atoms with Crippen LogP contribution in [0.3, 0.4) is 0 Å². The molecule has 2 aromatic carbocycles. The van der Waals surface area contributed by atoms with Crippen molar-refractivity contribution < 1.29 is 26.3 Å². The average Bonchev–Trinajstić information content (AvgIpc) is 2.68. The fourth-order valence-electron chi connectivity index (χ4n) is 2.76. The van der Waals surface area contributed by atoms with Crippen molar-refractivity contribution in [1.29, 1.82) is 0 Å². The number of sulfonamides is 1. The lowest BCUT2D eigenvalue weighted by molar-refractivity contribution is -0.153. The fraction of sp³-hybridized carbons (Fsp3) is 0.200. The summed E-state index contributed by atoms with van der Waals surface area (Å²) in [4.78, 5) is 7.76. The number of aryl methyl sites for hydroxylation is 2. The van der Waals surface area contributed by atoms with Crippen LogP contribution in [0.25, 0.3) is 0 Å². The summed E-state index contributed by atoms with van der Waals surface area (Å²) < 4.78 is 66.5. The molecule has 4 N–H and O–H groups in total. The molecule has 0 amide bonds. The molecule has 1 aromatic heterocycles. The summed E-state index contributed by atoms with van der Waals surface area (Å²) in [5, 5.41) is 11.0. The molecule has 0 spiro atoms. The smallest absolute Gasteiger partial charge is 0.422 e. The minimum absolute atomic E-state index is 0.0944. The van der Waals surface area contributed by atoms with E-state index in [1.54, 1.807) is 0 Å². The number of alkyl halides is 3. The van der Waals surface area contributed by atoms with Gasteiger partial charge in [-0.2, -0.15) is 18.2 Å². The zero-order valence-corrected chi connectivity index (χ0v) is 17.9. The van der Waals surface area contributed by atoms with Crippen LogP contribution in [0, 0.1) is 13.8 Å². The topological polar surface area (TPSA) is 119 Å². The predicted octanol–water partition coefficient (Wildman–Crippen LogP) is 4.17. The molecule has 0 bridgehead atoms. The van der Waals surface area contributed by atoms with E-state index in [9.17, 15) is 21.6 Å². The number of primary sulfonamides is 1. The first kappa shape index (κ1) is 23.3. The molecule has 0 fully saturated rings. The molecule has 3 aromatic rings. The Balaban J connectivity index is 1.89. The predicted molar refractivity (Wildman–Crippen MR) is 114 cm³/mol. The second-order valence-electron chi connectivity index (χ2n) is 6.90. The Kier molecular flexibility index (Phi) is 6.55. The second kappa shape index (κ2) is 9.01. The Hall–Kier alpha value is -3.38. The molecule has 12 heteroatoms. The van der Waals surface area contributed by atoms with Crippen molar-refractivity contribution in [3.63, 3.8) is 0 Å². The van der Waals surface area contributed by atoms with Crippen LogP contribution in [0.2, 0.25) is 0 Å². The van der Waals surface area contributed by atoms with Gasteiger partial charge in [-0.05, 0) is 55.3 Å².